The first-order valence-electron chi connectivity index (χ1n) is 9.29. The van der Waals surface area contributed by atoms with Crippen molar-refractivity contribution < 1.29 is 23.9 Å². The third kappa shape index (κ3) is 5.78. The molecule has 1 N–H and O–H groups in total. The molecule has 0 radical (unpaired) electrons. The number of ketones is 1. The summed E-state index contributed by atoms with van der Waals surface area (Å²) in [5, 5.41) is 4.50. The van der Waals surface area contributed by atoms with Crippen molar-refractivity contribution in [2.24, 2.45) is 0 Å². The highest BCUT2D eigenvalue weighted by molar-refractivity contribution is 7.12. The van der Waals surface area contributed by atoms with Crippen molar-refractivity contribution in [3.05, 3.63) is 88.1 Å². The standard InChI is InChI=1S/C23H21NO5S/c1-28-18-11-9-17(10-12-18)20(25)15-29-23(27)19(14-16-6-3-2-4-7-16)24-22(26)21-8-5-13-30-21/h2-13,19H,14-15H2,1H3,(H,24,26)/t19-/m0/s1. The zero-order valence-corrected chi connectivity index (χ0v) is 17.2. The summed E-state index contributed by atoms with van der Waals surface area (Å²) in [4.78, 5) is 38.0. The minimum atomic E-state index is -0.911. The molecule has 1 aromatic heterocycles. The Morgan fingerprint density at radius 2 is 1.70 bits per heavy atom. The van der Waals surface area contributed by atoms with Crippen LogP contribution in [-0.2, 0) is 16.0 Å². The molecule has 6 nitrogen and oxygen atoms in total. The smallest absolute Gasteiger partial charge is 0.329 e. The molecule has 0 aliphatic carbocycles. The van der Waals surface area contributed by atoms with Crippen LogP contribution >= 0.6 is 11.3 Å². The maximum atomic E-state index is 12.7. The van der Waals surface area contributed by atoms with Crippen LogP contribution in [0.4, 0.5) is 0 Å². The van der Waals surface area contributed by atoms with Gasteiger partial charge in [0.2, 0.25) is 0 Å². The molecular weight excluding hydrogens is 402 g/mol. The van der Waals surface area contributed by atoms with E-state index in [0.29, 0.717) is 16.2 Å². The van der Waals surface area contributed by atoms with E-state index in [1.54, 1.807) is 41.8 Å². The molecule has 0 saturated heterocycles. The zero-order chi connectivity index (χ0) is 21.3. The summed E-state index contributed by atoms with van der Waals surface area (Å²) in [5.41, 5.74) is 1.28. The normalized spacial score (nSPS) is 11.4. The summed E-state index contributed by atoms with van der Waals surface area (Å²) in [6, 6.07) is 18.4. The first-order valence-corrected chi connectivity index (χ1v) is 10.2. The molecule has 1 atom stereocenters. The SMILES string of the molecule is COc1ccc(C(=O)COC(=O)[C@H](Cc2ccccc2)NC(=O)c2cccs2)cc1. The molecule has 3 rings (SSSR count). The Hall–Kier alpha value is -3.45. The van der Waals surface area contributed by atoms with Gasteiger partial charge in [0.1, 0.15) is 11.8 Å². The van der Waals surface area contributed by atoms with Crippen molar-refractivity contribution in [3.63, 3.8) is 0 Å². The summed E-state index contributed by atoms with van der Waals surface area (Å²) in [7, 11) is 1.54. The highest BCUT2D eigenvalue weighted by Gasteiger charge is 2.24. The number of ether oxygens (including phenoxy) is 2. The molecule has 7 heteroatoms. The molecule has 0 bridgehead atoms. The lowest BCUT2D eigenvalue weighted by atomic mass is 10.1. The molecule has 30 heavy (non-hydrogen) atoms. The first kappa shape index (κ1) is 21.3. The van der Waals surface area contributed by atoms with Crippen molar-refractivity contribution in [3.8, 4) is 5.75 Å². The van der Waals surface area contributed by atoms with Crippen LogP contribution in [0.2, 0.25) is 0 Å². The summed E-state index contributed by atoms with van der Waals surface area (Å²) < 4.78 is 10.3. The number of carbonyl (C=O) groups is 3. The van der Waals surface area contributed by atoms with Crippen molar-refractivity contribution in [1.29, 1.82) is 0 Å². The van der Waals surface area contributed by atoms with Crippen molar-refractivity contribution in [1.82, 2.24) is 5.32 Å². The molecule has 2 aromatic carbocycles. The highest BCUT2D eigenvalue weighted by Crippen LogP contribution is 2.13. The number of hydrogen-bond acceptors (Lipinski definition) is 6. The molecule has 1 heterocycles. The van der Waals surface area contributed by atoms with Gasteiger partial charge in [-0.2, -0.15) is 0 Å². The molecule has 1 amide bonds. The molecule has 0 spiro atoms. The van der Waals surface area contributed by atoms with Gasteiger partial charge in [-0.3, -0.25) is 9.59 Å². The Morgan fingerprint density at radius 3 is 2.33 bits per heavy atom. The quantitative estimate of drug-likeness (QED) is 0.421. The predicted molar refractivity (Wildman–Crippen MR) is 114 cm³/mol. The predicted octanol–water partition coefficient (Wildman–Crippen LogP) is 3.52. The number of benzene rings is 2. The van der Waals surface area contributed by atoms with E-state index in [9.17, 15) is 14.4 Å². The topological polar surface area (TPSA) is 81.7 Å². The fraction of sp³-hybridized carbons (Fsp3) is 0.174. The van der Waals surface area contributed by atoms with E-state index in [0.717, 1.165) is 5.56 Å². The Morgan fingerprint density at radius 1 is 0.967 bits per heavy atom. The monoisotopic (exact) mass is 423 g/mol. The Kier molecular flexibility index (Phi) is 7.34. The van der Waals surface area contributed by atoms with Gasteiger partial charge in [0, 0.05) is 12.0 Å². The average Bonchev–Trinajstić information content (AvgIpc) is 3.32. The molecule has 0 fully saturated rings. The highest BCUT2D eigenvalue weighted by atomic mass is 32.1. The second-order valence-corrected chi connectivity index (χ2v) is 7.40. The summed E-state index contributed by atoms with van der Waals surface area (Å²) in [5.74, 6) is -0.730. The summed E-state index contributed by atoms with van der Waals surface area (Å²) >= 11 is 1.28. The van der Waals surface area contributed by atoms with Crippen molar-refractivity contribution in [2.75, 3.05) is 13.7 Å². The van der Waals surface area contributed by atoms with E-state index in [4.69, 9.17) is 9.47 Å². The van der Waals surface area contributed by atoms with E-state index in [2.05, 4.69) is 5.32 Å². The van der Waals surface area contributed by atoms with Crippen molar-refractivity contribution >= 4 is 29.0 Å². The summed E-state index contributed by atoms with van der Waals surface area (Å²) in [6.45, 7) is -0.411. The van der Waals surface area contributed by atoms with E-state index in [1.165, 1.54) is 18.4 Å². The minimum absolute atomic E-state index is 0.257. The van der Waals surface area contributed by atoms with Gasteiger partial charge in [-0.15, -0.1) is 11.3 Å². The van der Waals surface area contributed by atoms with Crippen LogP contribution in [0.25, 0.3) is 0 Å². The average molecular weight is 423 g/mol. The van der Waals surface area contributed by atoms with Gasteiger partial charge in [-0.1, -0.05) is 36.4 Å². The molecule has 154 valence electrons. The zero-order valence-electron chi connectivity index (χ0n) is 16.4. The van der Waals surface area contributed by atoms with Gasteiger partial charge in [0.05, 0.1) is 12.0 Å². The minimum Gasteiger partial charge on any atom is -0.497 e. The lowest BCUT2D eigenvalue weighted by molar-refractivity contribution is -0.144. The van der Waals surface area contributed by atoms with E-state index in [-0.39, 0.29) is 18.1 Å². The number of hydrogen-bond donors (Lipinski definition) is 1. The third-order valence-electron chi connectivity index (χ3n) is 4.37. The summed E-state index contributed by atoms with van der Waals surface area (Å²) in [6.07, 6.45) is 0.257. The van der Waals surface area contributed by atoms with Crippen LogP contribution in [-0.4, -0.2) is 37.4 Å². The van der Waals surface area contributed by atoms with Crippen LogP contribution in [0.1, 0.15) is 25.6 Å². The fourth-order valence-electron chi connectivity index (χ4n) is 2.78. The molecule has 0 unspecified atom stereocenters. The number of thiophene rings is 1. The number of nitrogens with one attached hydrogen (secondary N) is 1. The largest absolute Gasteiger partial charge is 0.497 e. The number of rotatable bonds is 9. The van der Waals surface area contributed by atoms with Crippen LogP contribution < -0.4 is 10.1 Å². The van der Waals surface area contributed by atoms with Gasteiger partial charge < -0.3 is 14.8 Å². The van der Waals surface area contributed by atoms with Crippen LogP contribution in [0, 0.1) is 0 Å². The number of methoxy groups -OCH3 is 1. The third-order valence-corrected chi connectivity index (χ3v) is 5.24. The van der Waals surface area contributed by atoms with Gasteiger partial charge in [-0.25, -0.2) is 4.79 Å². The van der Waals surface area contributed by atoms with E-state index in [1.807, 2.05) is 30.3 Å². The van der Waals surface area contributed by atoms with Gasteiger partial charge >= 0.3 is 5.97 Å². The maximum Gasteiger partial charge on any atom is 0.329 e. The van der Waals surface area contributed by atoms with Crippen LogP contribution in [0.3, 0.4) is 0 Å². The molecular formula is C23H21NO5S. The van der Waals surface area contributed by atoms with Gasteiger partial charge in [0.25, 0.3) is 5.91 Å². The van der Waals surface area contributed by atoms with E-state index < -0.39 is 18.6 Å². The Balaban J connectivity index is 1.65. The molecule has 0 aliphatic heterocycles. The number of Topliss-reactive ketones (excluding diaryl/α,β-unsaturated/α-hetero) is 1. The van der Waals surface area contributed by atoms with E-state index >= 15 is 0 Å². The number of esters is 1. The number of carbonyl (C=O) groups excluding carboxylic acids is 3. The van der Waals surface area contributed by atoms with Crippen molar-refractivity contribution in [2.45, 2.75) is 12.5 Å². The Bertz CT molecular complexity index is 984. The number of amides is 1. The lowest BCUT2D eigenvalue weighted by Crippen LogP contribution is -2.43. The lowest BCUT2D eigenvalue weighted by Gasteiger charge is -2.17. The molecule has 0 saturated carbocycles. The first-order chi connectivity index (χ1) is 14.6. The molecule has 3 aromatic rings. The molecule has 0 aliphatic rings. The second kappa shape index (κ2) is 10.4. The van der Waals surface area contributed by atoms with Gasteiger partial charge in [0.15, 0.2) is 12.4 Å². The maximum absolute atomic E-state index is 12.7. The fourth-order valence-corrected chi connectivity index (χ4v) is 3.40. The van der Waals surface area contributed by atoms with Crippen LogP contribution in [0.15, 0.2) is 72.1 Å². The van der Waals surface area contributed by atoms with Crippen LogP contribution in [0.5, 0.6) is 5.75 Å². The second-order valence-electron chi connectivity index (χ2n) is 6.45. The van der Waals surface area contributed by atoms with Gasteiger partial charge in [-0.05, 0) is 41.3 Å². The Labute approximate surface area is 178 Å².